The molecule has 0 unspecified atom stereocenters. The zero-order valence-electron chi connectivity index (χ0n) is 15.0. The molecular formula is C18H22N2O6S. The first kappa shape index (κ1) is 19.5. The Morgan fingerprint density at radius 3 is 2.63 bits per heavy atom. The molecular weight excluding hydrogens is 372 g/mol. The fraction of sp³-hybridized carbons (Fsp3) is 0.500. The molecule has 0 radical (unpaired) electrons. The molecule has 1 saturated heterocycles. The maximum Gasteiger partial charge on any atom is 0.310 e. The minimum atomic E-state index is -3.87. The van der Waals surface area contributed by atoms with Gasteiger partial charge in [0.05, 0.1) is 15.7 Å². The Hall–Kier alpha value is -2.26. The summed E-state index contributed by atoms with van der Waals surface area (Å²) in [6.45, 7) is 5.92. The predicted molar refractivity (Wildman–Crippen MR) is 97.3 cm³/mol. The van der Waals surface area contributed by atoms with Gasteiger partial charge in [-0.3, -0.25) is 14.9 Å². The number of benzene rings is 1. The highest BCUT2D eigenvalue weighted by molar-refractivity contribution is 7.89. The van der Waals surface area contributed by atoms with Gasteiger partial charge < -0.3 is 4.74 Å². The minimum Gasteiger partial charge on any atom is -0.461 e. The van der Waals surface area contributed by atoms with Gasteiger partial charge in [-0.1, -0.05) is 19.6 Å². The van der Waals surface area contributed by atoms with E-state index in [9.17, 15) is 23.3 Å². The van der Waals surface area contributed by atoms with E-state index < -0.39 is 32.9 Å². The number of sulfonamides is 1. The van der Waals surface area contributed by atoms with E-state index in [0.29, 0.717) is 13.0 Å². The first-order chi connectivity index (χ1) is 12.8. The molecule has 1 aromatic rings. The number of carbonyl (C=O) groups is 1. The van der Waals surface area contributed by atoms with Crippen molar-refractivity contribution in [2.75, 3.05) is 13.2 Å². The van der Waals surface area contributed by atoms with Gasteiger partial charge in [0, 0.05) is 24.7 Å². The largest absolute Gasteiger partial charge is 0.461 e. The van der Waals surface area contributed by atoms with Crippen LogP contribution in [0, 0.1) is 27.9 Å². The molecule has 0 amide bonds. The molecule has 0 aromatic heterocycles. The van der Waals surface area contributed by atoms with Crippen LogP contribution in [0.3, 0.4) is 0 Å². The highest BCUT2D eigenvalue weighted by atomic mass is 32.2. The van der Waals surface area contributed by atoms with Gasteiger partial charge in [0.1, 0.15) is 6.61 Å². The first-order valence-corrected chi connectivity index (χ1v) is 10.2. The Morgan fingerprint density at radius 2 is 2.04 bits per heavy atom. The average molecular weight is 394 g/mol. The average Bonchev–Trinajstić information content (AvgIpc) is 3.21. The molecule has 27 heavy (non-hydrogen) atoms. The molecule has 9 heteroatoms. The van der Waals surface area contributed by atoms with Gasteiger partial charge in [-0.25, -0.2) is 8.42 Å². The standard InChI is InChI=1S/C18H22N2O6S/c1-3-10-26-18(21)16-9-8-15-12(2)11-19(17(15)16)27(24,25)14-6-4-13(5-7-14)20(22)23/h3-7,12,15-17H,1,8-11H2,2H3/t12-,15-,16+,17+/m1/s1. The molecule has 8 nitrogen and oxygen atoms in total. The quantitative estimate of drug-likeness (QED) is 0.317. The molecule has 2 aliphatic rings. The van der Waals surface area contributed by atoms with Gasteiger partial charge >= 0.3 is 5.97 Å². The molecule has 0 N–H and O–H groups in total. The van der Waals surface area contributed by atoms with Crippen molar-refractivity contribution in [2.45, 2.75) is 30.7 Å². The fourth-order valence-electron chi connectivity index (χ4n) is 4.23. The van der Waals surface area contributed by atoms with E-state index in [0.717, 1.165) is 6.42 Å². The normalized spacial score (nSPS) is 27.9. The molecule has 0 bridgehead atoms. The number of ether oxygens (including phenoxy) is 1. The molecule has 1 aromatic carbocycles. The van der Waals surface area contributed by atoms with E-state index in [4.69, 9.17) is 4.74 Å². The topological polar surface area (TPSA) is 107 Å². The van der Waals surface area contributed by atoms with Crippen LogP contribution in [-0.4, -0.2) is 42.8 Å². The van der Waals surface area contributed by atoms with Crippen LogP contribution in [0.2, 0.25) is 0 Å². The smallest absolute Gasteiger partial charge is 0.310 e. The lowest BCUT2D eigenvalue weighted by molar-refractivity contribution is -0.384. The molecule has 2 fully saturated rings. The predicted octanol–water partition coefficient (Wildman–Crippen LogP) is 2.36. The molecule has 0 spiro atoms. The van der Waals surface area contributed by atoms with E-state index in [2.05, 4.69) is 6.58 Å². The molecule has 3 rings (SSSR count). The fourth-order valence-corrected chi connectivity index (χ4v) is 6.03. The summed E-state index contributed by atoms with van der Waals surface area (Å²) < 4.78 is 32.9. The van der Waals surface area contributed by atoms with Crippen molar-refractivity contribution < 1.29 is 22.9 Å². The summed E-state index contributed by atoms with van der Waals surface area (Å²) in [6, 6.07) is 4.39. The molecule has 4 atom stereocenters. The Labute approximate surface area is 158 Å². The third kappa shape index (κ3) is 3.49. The van der Waals surface area contributed by atoms with Crippen molar-refractivity contribution >= 4 is 21.7 Å². The summed E-state index contributed by atoms with van der Waals surface area (Å²) in [6.07, 6.45) is 2.83. The number of nitrogens with zero attached hydrogens (tertiary/aromatic N) is 2. The number of nitro benzene ring substituents is 1. The lowest BCUT2D eigenvalue weighted by atomic mass is 9.92. The number of carbonyl (C=O) groups excluding carboxylic acids is 1. The van der Waals surface area contributed by atoms with Crippen molar-refractivity contribution in [1.82, 2.24) is 4.31 Å². The third-order valence-corrected chi connectivity index (χ3v) is 7.37. The van der Waals surface area contributed by atoms with E-state index in [1.165, 1.54) is 34.6 Å². The minimum absolute atomic E-state index is 0.00828. The highest BCUT2D eigenvalue weighted by Gasteiger charge is 2.54. The van der Waals surface area contributed by atoms with Gasteiger partial charge in [-0.15, -0.1) is 0 Å². The summed E-state index contributed by atoms with van der Waals surface area (Å²) in [7, 11) is -3.87. The summed E-state index contributed by atoms with van der Waals surface area (Å²) in [5.74, 6) is -0.688. The Kier molecular flexibility index (Phi) is 5.34. The summed E-state index contributed by atoms with van der Waals surface area (Å²) in [5, 5.41) is 10.8. The van der Waals surface area contributed by atoms with Crippen LogP contribution in [0.15, 0.2) is 41.8 Å². The highest BCUT2D eigenvalue weighted by Crippen LogP contribution is 2.47. The summed E-state index contributed by atoms with van der Waals surface area (Å²) in [5.41, 5.74) is -0.173. The van der Waals surface area contributed by atoms with Crippen LogP contribution in [0.1, 0.15) is 19.8 Å². The van der Waals surface area contributed by atoms with Crippen molar-refractivity contribution in [1.29, 1.82) is 0 Å². The number of hydrogen-bond acceptors (Lipinski definition) is 6. The van der Waals surface area contributed by atoms with Gasteiger partial charge in [0.2, 0.25) is 10.0 Å². The maximum absolute atomic E-state index is 13.2. The summed E-state index contributed by atoms with van der Waals surface area (Å²) in [4.78, 5) is 22.6. The zero-order valence-corrected chi connectivity index (χ0v) is 15.8. The maximum atomic E-state index is 13.2. The van der Waals surface area contributed by atoms with Gasteiger partial charge in [-0.05, 0) is 36.8 Å². The number of hydrogen-bond donors (Lipinski definition) is 0. The Balaban J connectivity index is 1.90. The number of esters is 1. The van der Waals surface area contributed by atoms with Gasteiger partial charge in [0.25, 0.3) is 5.69 Å². The first-order valence-electron chi connectivity index (χ1n) is 8.81. The lowest BCUT2D eigenvalue weighted by Crippen LogP contribution is -2.42. The van der Waals surface area contributed by atoms with Crippen LogP contribution < -0.4 is 0 Å². The van der Waals surface area contributed by atoms with E-state index in [1.807, 2.05) is 6.92 Å². The SMILES string of the molecule is C=CCOC(=O)[C@H]1CC[C@H]2[C@@H]1N(S(=O)(=O)c1ccc([N+](=O)[O-])cc1)C[C@H]2C. The third-order valence-electron chi connectivity index (χ3n) is 5.49. The second-order valence-electron chi connectivity index (χ2n) is 7.06. The Bertz CT molecular complexity index is 851. The monoisotopic (exact) mass is 394 g/mol. The molecule has 1 aliphatic heterocycles. The Morgan fingerprint density at radius 1 is 1.37 bits per heavy atom. The molecule has 1 saturated carbocycles. The number of fused-ring (bicyclic) bond motifs is 1. The molecule has 146 valence electrons. The van der Waals surface area contributed by atoms with E-state index in [-0.39, 0.29) is 29.0 Å². The van der Waals surface area contributed by atoms with Crippen LogP contribution in [0.4, 0.5) is 5.69 Å². The van der Waals surface area contributed by atoms with Crippen molar-refractivity contribution in [3.63, 3.8) is 0 Å². The van der Waals surface area contributed by atoms with Crippen LogP contribution in [-0.2, 0) is 19.6 Å². The van der Waals surface area contributed by atoms with Gasteiger partial charge in [-0.2, -0.15) is 4.31 Å². The van der Waals surface area contributed by atoms with Crippen LogP contribution >= 0.6 is 0 Å². The second kappa shape index (κ2) is 7.40. The summed E-state index contributed by atoms with van der Waals surface area (Å²) >= 11 is 0. The van der Waals surface area contributed by atoms with Crippen LogP contribution in [0.5, 0.6) is 0 Å². The second-order valence-corrected chi connectivity index (χ2v) is 8.95. The van der Waals surface area contributed by atoms with E-state index >= 15 is 0 Å². The van der Waals surface area contributed by atoms with Crippen molar-refractivity contribution in [3.05, 3.63) is 47.0 Å². The lowest BCUT2D eigenvalue weighted by Gasteiger charge is -2.27. The molecule has 1 heterocycles. The van der Waals surface area contributed by atoms with Gasteiger partial charge in [0.15, 0.2) is 0 Å². The van der Waals surface area contributed by atoms with Crippen molar-refractivity contribution in [2.24, 2.45) is 17.8 Å². The van der Waals surface area contributed by atoms with Crippen LogP contribution in [0.25, 0.3) is 0 Å². The zero-order chi connectivity index (χ0) is 19.8. The number of rotatable bonds is 6. The molecule has 1 aliphatic carbocycles. The number of nitro groups is 1. The van der Waals surface area contributed by atoms with E-state index in [1.54, 1.807) is 0 Å². The van der Waals surface area contributed by atoms with Crippen molar-refractivity contribution in [3.8, 4) is 0 Å². The number of non-ortho nitro benzene ring substituents is 1.